The van der Waals surface area contributed by atoms with Crippen LogP contribution in [0.1, 0.15) is 11.6 Å². The Morgan fingerprint density at radius 1 is 1.42 bits per heavy atom. The van der Waals surface area contributed by atoms with Gasteiger partial charge in [0.25, 0.3) is 0 Å². The predicted octanol–water partition coefficient (Wildman–Crippen LogP) is 2.73. The van der Waals surface area contributed by atoms with Crippen LogP contribution in [0.3, 0.4) is 0 Å². The molecule has 0 atom stereocenters. The minimum Gasteiger partial charge on any atom is -0.335 e. The van der Waals surface area contributed by atoms with Gasteiger partial charge in [-0.25, -0.2) is 14.1 Å². The summed E-state index contributed by atoms with van der Waals surface area (Å²) >= 11 is 1.25. The average Bonchev–Trinajstić information content (AvgIpc) is 2.68. The molecule has 2 aromatic rings. The zero-order valence-electron chi connectivity index (χ0n) is 10.9. The minimum absolute atomic E-state index is 0.264. The second-order valence-corrected chi connectivity index (χ2v) is 4.76. The van der Waals surface area contributed by atoms with Crippen molar-refractivity contribution in [1.29, 1.82) is 5.41 Å². The van der Waals surface area contributed by atoms with Gasteiger partial charge in [0.2, 0.25) is 0 Å². The number of hydrogen-bond acceptors (Lipinski definition) is 4. The first-order valence-electron chi connectivity index (χ1n) is 5.61. The van der Waals surface area contributed by atoms with E-state index in [1.807, 2.05) is 0 Å². The third kappa shape index (κ3) is 2.93. The third-order valence-electron chi connectivity index (χ3n) is 2.51. The van der Waals surface area contributed by atoms with Gasteiger partial charge in [0.15, 0.2) is 11.0 Å². The van der Waals surface area contributed by atoms with Crippen molar-refractivity contribution in [3.05, 3.63) is 35.7 Å². The summed E-state index contributed by atoms with van der Waals surface area (Å²) in [5.74, 6) is 0.823. The number of anilines is 1. The van der Waals surface area contributed by atoms with Crippen LogP contribution in [-0.4, -0.2) is 26.2 Å². The molecule has 0 fully saturated rings. The normalized spacial score (nSPS) is 10.5. The molecule has 0 saturated carbocycles. The van der Waals surface area contributed by atoms with Crippen LogP contribution in [0.2, 0.25) is 0 Å². The number of halogens is 1. The highest BCUT2D eigenvalue weighted by Gasteiger charge is 2.11. The number of hydrogen-bond donors (Lipinski definition) is 2. The topological polar surface area (TPSA) is 66.6 Å². The van der Waals surface area contributed by atoms with Crippen LogP contribution in [0.5, 0.6) is 0 Å². The maximum atomic E-state index is 14.1. The van der Waals surface area contributed by atoms with Crippen LogP contribution in [0.4, 0.5) is 10.1 Å². The van der Waals surface area contributed by atoms with Crippen molar-refractivity contribution < 1.29 is 4.39 Å². The van der Waals surface area contributed by atoms with E-state index in [1.165, 1.54) is 22.5 Å². The van der Waals surface area contributed by atoms with E-state index >= 15 is 0 Å². The highest BCUT2D eigenvalue weighted by Crippen LogP contribution is 2.19. The second-order valence-electron chi connectivity index (χ2n) is 3.94. The summed E-state index contributed by atoms with van der Waals surface area (Å²) in [5, 5.41) is 14.7. The van der Waals surface area contributed by atoms with Crippen LogP contribution < -0.4 is 5.32 Å². The molecule has 0 bridgehead atoms. The maximum absolute atomic E-state index is 14.1. The van der Waals surface area contributed by atoms with Crippen molar-refractivity contribution in [2.24, 2.45) is 0 Å². The summed E-state index contributed by atoms with van der Waals surface area (Å²) < 4.78 is 15.5. The van der Waals surface area contributed by atoms with E-state index in [9.17, 15) is 4.39 Å². The first kappa shape index (κ1) is 13.5. The van der Waals surface area contributed by atoms with Gasteiger partial charge in [0.05, 0.1) is 0 Å². The van der Waals surface area contributed by atoms with Gasteiger partial charge < -0.3 is 5.32 Å². The molecule has 0 spiro atoms. The van der Waals surface area contributed by atoms with Crippen LogP contribution in [0.25, 0.3) is 5.69 Å². The standard InChI is InChI=1S/C12H14FN5S/c1-7-15-8(2)18(17-7)11-5-4-9(6-10(11)13)16-12(14)19-3/h4-6H,1-3H3,(H2,14,16). The lowest BCUT2D eigenvalue weighted by Gasteiger charge is -2.09. The molecule has 1 aromatic heterocycles. The number of benzene rings is 1. The molecule has 1 aromatic carbocycles. The molecule has 0 aliphatic heterocycles. The Morgan fingerprint density at radius 2 is 2.16 bits per heavy atom. The number of thioether (sulfide) groups is 1. The van der Waals surface area contributed by atoms with E-state index in [1.54, 1.807) is 32.2 Å². The Morgan fingerprint density at radius 3 is 2.68 bits per heavy atom. The van der Waals surface area contributed by atoms with E-state index in [-0.39, 0.29) is 5.17 Å². The van der Waals surface area contributed by atoms with Crippen molar-refractivity contribution in [3.8, 4) is 5.69 Å². The molecule has 19 heavy (non-hydrogen) atoms. The van der Waals surface area contributed by atoms with E-state index in [0.29, 0.717) is 23.0 Å². The van der Waals surface area contributed by atoms with Crippen molar-refractivity contribution in [3.63, 3.8) is 0 Å². The smallest absolute Gasteiger partial charge is 0.157 e. The molecule has 2 rings (SSSR count). The molecule has 2 N–H and O–H groups in total. The van der Waals surface area contributed by atoms with Crippen molar-refractivity contribution in [2.75, 3.05) is 11.6 Å². The average molecular weight is 279 g/mol. The number of amidine groups is 1. The summed E-state index contributed by atoms with van der Waals surface area (Å²) in [6.07, 6.45) is 1.78. The molecule has 5 nitrogen and oxygen atoms in total. The number of nitrogens with one attached hydrogen (secondary N) is 2. The number of aromatic nitrogens is 3. The predicted molar refractivity (Wildman–Crippen MR) is 75.7 cm³/mol. The van der Waals surface area contributed by atoms with Gasteiger partial charge in [0, 0.05) is 5.69 Å². The Labute approximate surface area is 114 Å². The molecule has 7 heteroatoms. The van der Waals surface area contributed by atoms with Crippen LogP contribution >= 0.6 is 11.8 Å². The van der Waals surface area contributed by atoms with Crippen molar-refractivity contribution in [1.82, 2.24) is 14.8 Å². The molecule has 0 aliphatic rings. The fourth-order valence-corrected chi connectivity index (χ4v) is 1.91. The second kappa shape index (κ2) is 5.40. The van der Waals surface area contributed by atoms with E-state index in [4.69, 9.17) is 5.41 Å². The SMILES string of the molecule is CSC(=N)Nc1ccc(-n2nc(C)nc2C)c(F)c1. The van der Waals surface area contributed by atoms with Gasteiger partial charge in [-0.3, -0.25) is 5.41 Å². The van der Waals surface area contributed by atoms with E-state index in [0.717, 1.165) is 0 Å². The van der Waals surface area contributed by atoms with Crippen molar-refractivity contribution in [2.45, 2.75) is 13.8 Å². The molecule has 100 valence electrons. The van der Waals surface area contributed by atoms with Gasteiger partial charge in [-0.15, -0.1) is 0 Å². The van der Waals surface area contributed by atoms with Crippen LogP contribution in [-0.2, 0) is 0 Å². The summed E-state index contributed by atoms with van der Waals surface area (Å²) in [6, 6.07) is 4.67. The van der Waals surface area contributed by atoms with Crippen molar-refractivity contribution >= 4 is 22.6 Å². The van der Waals surface area contributed by atoms with E-state index < -0.39 is 5.82 Å². The molecular weight excluding hydrogens is 265 g/mol. The number of rotatable bonds is 2. The Balaban J connectivity index is 2.34. The highest BCUT2D eigenvalue weighted by atomic mass is 32.2. The molecule has 0 aliphatic carbocycles. The summed E-state index contributed by atoms with van der Waals surface area (Å²) in [6.45, 7) is 3.53. The van der Waals surface area contributed by atoms with Gasteiger partial charge in [-0.2, -0.15) is 5.10 Å². The molecular formula is C12H14FN5S. The zero-order chi connectivity index (χ0) is 14.0. The van der Waals surface area contributed by atoms with Gasteiger partial charge in [-0.05, 0) is 38.3 Å². The Hall–Kier alpha value is -1.89. The quantitative estimate of drug-likeness (QED) is 0.655. The van der Waals surface area contributed by atoms with Crippen LogP contribution in [0, 0.1) is 25.1 Å². The Bertz CT molecular complexity index is 623. The lowest BCUT2D eigenvalue weighted by molar-refractivity contribution is 0.608. The molecule has 0 unspecified atom stereocenters. The van der Waals surface area contributed by atoms with Gasteiger partial charge >= 0.3 is 0 Å². The largest absolute Gasteiger partial charge is 0.335 e. The molecule has 1 heterocycles. The van der Waals surface area contributed by atoms with Gasteiger partial charge in [0.1, 0.15) is 17.3 Å². The number of aryl methyl sites for hydroxylation is 2. The summed E-state index contributed by atoms with van der Waals surface area (Å²) in [5.41, 5.74) is 0.884. The zero-order valence-corrected chi connectivity index (χ0v) is 11.7. The lowest BCUT2D eigenvalue weighted by Crippen LogP contribution is -2.07. The third-order valence-corrected chi connectivity index (χ3v) is 3.02. The maximum Gasteiger partial charge on any atom is 0.157 e. The van der Waals surface area contributed by atoms with Crippen LogP contribution in [0.15, 0.2) is 18.2 Å². The summed E-state index contributed by atoms with van der Waals surface area (Å²) in [7, 11) is 0. The minimum atomic E-state index is -0.410. The molecule has 0 amide bonds. The fourth-order valence-electron chi connectivity index (χ4n) is 1.69. The van der Waals surface area contributed by atoms with Gasteiger partial charge in [-0.1, -0.05) is 11.8 Å². The van der Waals surface area contributed by atoms with E-state index in [2.05, 4.69) is 15.4 Å². The first-order valence-corrected chi connectivity index (χ1v) is 6.83. The lowest BCUT2D eigenvalue weighted by atomic mass is 10.2. The monoisotopic (exact) mass is 279 g/mol. The molecule has 0 radical (unpaired) electrons. The Kier molecular flexibility index (Phi) is 3.84. The number of nitrogens with zero attached hydrogens (tertiary/aromatic N) is 3. The first-order chi connectivity index (χ1) is 9.01. The molecule has 0 saturated heterocycles. The fraction of sp³-hybridized carbons (Fsp3) is 0.250. The highest BCUT2D eigenvalue weighted by molar-refractivity contribution is 8.13. The summed E-state index contributed by atoms with van der Waals surface area (Å²) in [4.78, 5) is 4.14.